The van der Waals surface area contributed by atoms with Crippen LogP contribution in [0.5, 0.6) is 0 Å². The fraction of sp³-hybridized carbons (Fsp3) is 0.267. The van der Waals surface area contributed by atoms with E-state index in [0.29, 0.717) is 19.5 Å². The van der Waals surface area contributed by atoms with Crippen molar-refractivity contribution >= 4 is 28.6 Å². The zero-order valence-corrected chi connectivity index (χ0v) is 12.8. The molecule has 0 atom stereocenters. The Balaban J connectivity index is 1.62. The summed E-state index contributed by atoms with van der Waals surface area (Å²) in [4.78, 5) is 23.0. The summed E-state index contributed by atoms with van der Waals surface area (Å²) in [6.07, 6.45) is 1.25. The fourth-order valence-corrected chi connectivity index (χ4v) is 2.60. The molecule has 2 rings (SSSR count). The van der Waals surface area contributed by atoms with Crippen molar-refractivity contribution in [3.63, 3.8) is 0 Å². The zero-order valence-electron chi connectivity index (χ0n) is 12.0. The Labute approximate surface area is 132 Å². The highest BCUT2D eigenvalue weighted by Gasteiger charge is 2.04. The number of carbonyl (C=O) groups excluding carboxylic acids is 1. The molecule has 1 aromatic heterocycles. The summed E-state index contributed by atoms with van der Waals surface area (Å²) in [5.41, 5.74) is 0.853. The van der Waals surface area contributed by atoms with Crippen LogP contribution in [0.4, 0.5) is 11.4 Å². The second kappa shape index (κ2) is 8.14. The lowest BCUT2D eigenvalue weighted by Gasteiger charge is -2.07. The number of amides is 1. The highest BCUT2D eigenvalue weighted by molar-refractivity contribution is 7.09. The Morgan fingerprint density at radius 2 is 1.95 bits per heavy atom. The molecule has 0 bridgehead atoms. The summed E-state index contributed by atoms with van der Waals surface area (Å²) in [5, 5.41) is 18.5. The minimum absolute atomic E-state index is 0.0268. The van der Waals surface area contributed by atoms with E-state index in [1.54, 1.807) is 23.5 Å². The molecule has 0 spiro atoms. The molecule has 6 nitrogen and oxygen atoms in total. The molecule has 22 heavy (non-hydrogen) atoms. The van der Waals surface area contributed by atoms with Crippen molar-refractivity contribution in [3.8, 4) is 0 Å². The van der Waals surface area contributed by atoms with Crippen molar-refractivity contribution < 1.29 is 9.72 Å². The van der Waals surface area contributed by atoms with Gasteiger partial charge in [-0.3, -0.25) is 14.9 Å². The second-order valence-corrected chi connectivity index (χ2v) is 5.69. The number of nitro benzene ring substituents is 1. The number of thiophene rings is 1. The van der Waals surface area contributed by atoms with Gasteiger partial charge in [-0.05, 0) is 30.0 Å². The Bertz CT molecular complexity index is 611. The van der Waals surface area contributed by atoms with Gasteiger partial charge in [-0.15, -0.1) is 11.3 Å². The molecule has 1 heterocycles. The Hall–Kier alpha value is -2.41. The van der Waals surface area contributed by atoms with Gasteiger partial charge < -0.3 is 10.6 Å². The fourth-order valence-electron chi connectivity index (χ4n) is 1.89. The summed E-state index contributed by atoms with van der Waals surface area (Å²) in [7, 11) is 0. The molecule has 0 saturated heterocycles. The SMILES string of the molecule is O=C(CCc1cccs1)NCCNc1ccc([N+](=O)[O-])cc1. The van der Waals surface area contributed by atoms with Crippen molar-refractivity contribution in [2.75, 3.05) is 18.4 Å². The molecular formula is C15H17N3O3S. The predicted octanol–water partition coefficient (Wildman–Crippen LogP) is 2.82. The maximum Gasteiger partial charge on any atom is 0.269 e. The number of aryl methyl sites for hydroxylation is 1. The van der Waals surface area contributed by atoms with E-state index in [0.717, 1.165) is 12.1 Å². The highest BCUT2D eigenvalue weighted by Crippen LogP contribution is 2.15. The third-order valence-corrected chi connectivity index (χ3v) is 3.97. The lowest BCUT2D eigenvalue weighted by molar-refractivity contribution is -0.384. The molecule has 2 N–H and O–H groups in total. The van der Waals surface area contributed by atoms with Gasteiger partial charge in [-0.1, -0.05) is 6.07 Å². The van der Waals surface area contributed by atoms with E-state index in [9.17, 15) is 14.9 Å². The van der Waals surface area contributed by atoms with E-state index in [4.69, 9.17) is 0 Å². The number of rotatable bonds is 8. The van der Waals surface area contributed by atoms with Crippen LogP contribution in [-0.2, 0) is 11.2 Å². The van der Waals surface area contributed by atoms with Crippen LogP contribution in [0.2, 0.25) is 0 Å². The lowest BCUT2D eigenvalue weighted by atomic mass is 10.2. The van der Waals surface area contributed by atoms with E-state index in [-0.39, 0.29) is 11.6 Å². The maximum atomic E-state index is 11.7. The smallest absolute Gasteiger partial charge is 0.269 e. The van der Waals surface area contributed by atoms with Crippen LogP contribution < -0.4 is 10.6 Å². The number of nitrogens with one attached hydrogen (secondary N) is 2. The van der Waals surface area contributed by atoms with Crippen LogP contribution in [0.1, 0.15) is 11.3 Å². The maximum absolute atomic E-state index is 11.7. The molecule has 0 radical (unpaired) electrons. The molecule has 0 unspecified atom stereocenters. The van der Waals surface area contributed by atoms with Crippen molar-refractivity contribution in [1.82, 2.24) is 5.32 Å². The monoisotopic (exact) mass is 319 g/mol. The van der Waals surface area contributed by atoms with Crippen LogP contribution in [-0.4, -0.2) is 23.9 Å². The summed E-state index contributed by atoms with van der Waals surface area (Å²) in [6.45, 7) is 1.09. The van der Waals surface area contributed by atoms with E-state index in [1.165, 1.54) is 17.0 Å². The van der Waals surface area contributed by atoms with Gasteiger partial charge in [-0.25, -0.2) is 0 Å². The van der Waals surface area contributed by atoms with Gasteiger partial charge in [0.25, 0.3) is 5.69 Å². The first-order valence-electron chi connectivity index (χ1n) is 6.92. The van der Waals surface area contributed by atoms with Crippen molar-refractivity contribution in [3.05, 3.63) is 56.8 Å². The quantitative estimate of drug-likeness (QED) is 0.445. The Morgan fingerprint density at radius 1 is 1.18 bits per heavy atom. The van der Waals surface area contributed by atoms with E-state index in [1.807, 2.05) is 17.5 Å². The first-order valence-corrected chi connectivity index (χ1v) is 7.80. The normalized spacial score (nSPS) is 10.2. The predicted molar refractivity (Wildman–Crippen MR) is 87.2 cm³/mol. The summed E-state index contributed by atoms with van der Waals surface area (Å²) >= 11 is 1.65. The zero-order chi connectivity index (χ0) is 15.8. The molecule has 7 heteroatoms. The van der Waals surface area contributed by atoms with E-state index in [2.05, 4.69) is 10.6 Å². The number of non-ortho nitro benzene ring substituents is 1. The summed E-state index contributed by atoms with van der Waals surface area (Å²) in [6, 6.07) is 10.2. The van der Waals surface area contributed by atoms with Gasteiger partial charge in [0.15, 0.2) is 0 Å². The van der Waals surface area contributed by atoms with Crippen molar-refractivity contribution in [2.45, 2.75) is 12.8 Å². The van der Waals surface area contributed by atoms with Crippen LogP contribution in [0.15, 0.2) is 41.8 Å². The lowest BCUT2D eigenvalue weighted by Crippen LogP contribution is -2.28. The molecule has 0 aliphatic carbocycles. The number of benzene rings is 1. The number of carbonyl (C=O) groups is 1. The number of hydrogen-bond acceptors (Lipinski definition) is 5. The first kappa shape index (κ1) is 16.0. The van der Waals surface area contributed by atoms with Crippen LogP contribution in [0.3, 0.4) is 0 Å². The highest BCUT2D eigenvalue weighted by atomic mass is 32.1. The number of nitrogens with zero attached hydrogens (tertiary/aromatic N) is 1. The van der Waals surface area contributed by atoms with Crippen molar-refractivity contribution in [2.24, 2.45) is 0 Å². The summed E-state index contributed by atoms with van der Waals surface area (Å²) < 4.78 is 0. The van der Waals surface area contributed by atoms with Gasteiger partial charge in [-0.2, -0.15) is 0 Å². The van der Waals surface area contributed by atoms with Crippen LogP contribution in [0.25, 0.3) is 0 Å². The van der Waals surface area contributed by atoms with Gasteiger partial charge in [0.05, 0.1) is 4.92 Å². The Kier molecular flexibility index (Phi) is 5.91. The average Bonchev–Trinajstić information content (AvgIpc) is 3.03. The van der Waals surface area contributed by atoms with E-state index >= 15 is 0 Å². The van der Waals surface area contributed by atoms with Crippen molar-refractivity contribution in [1.29, 1.82) is 0 Å². The molecule has 0 aliphatic heterocycles. The number of anilines is 1. The standard InChI is InChI=1S/C15H17N3O3S/c19-15(8-7-14-2-1-11-22-14)17-10-9-16-12-3-5-13(6-4-12)18(20)21/h1-6,11,16H,7-10H2,(H,17,19). The second-order valence-electron chi connectivity index (χ2n) is 4.66. The van der Waals surface area contributed by atoms with Crippen LogP contribution in [0, 0.1) is 10.1 Å². The average molecular weight is 319 g/mol. The minimum atomic E-state index is -0.433. The van der Waals surface area contributed by atoms with Crippen LogP contribution >= 0.6 is 11.3 Å². The topological polar surface area (TPSA) is 84.3 Å². The minimum Gasteiger partial charge on any atom is -0.383 e. The molecule has 116 valence electrons. The van der Waals surface area contributed by atoms with Gasteiger partial charge in [0.2, 0.25) is 5.91 Å². The third kappa shape index (κ3) is 5.17. The third-order valence-electron chi connectivity index (χ3n) is 3.03. The molecule has 0 aliphatic rings. The number of nitro groups is 1. The molecular weight excluding hydrogens is 302 g/mol. The largest absolute Gasteiger partial charge is 0.383 e. The number of hydrogen-bond donors (Lipinski definition) is 2. The molecule has 0 saturated carbocycles. The van der Waals surface area contributed by atoms with Gasteiger partial charge >= 0.3 is 0 Å². The molecule has 2 aromatic rings. The van der Waals surface area contributed by atoms with Gasteiger partial charge in [0.1, 0.15) is 0 Å². The summed E-state index contributed by atoms with van der Waals surface area (Å²) in [5.74, 6) is 0.0268. The Morgan fingerprint density at radius 3 is 2.59 bits per heavy atom. The molecule has 0 fully saturated rings. The molecule has 1 amide bonds. The van der Waals surface area contributed by atoms with E-state index < -0.39 is 4.92 Å². The first-order chi connectivity index (χ1) is 10.6. The van der Waals surface area contributed by atoms with Gasteiger partial charge in [0, 0.05) is 42.2 Å². The molecule has 1 aromatic carbocycles.